The van der Waals surface area contributed by atoms with E-state index in [0.717, 1.165) is 11.1 Å². The van der Waals surface area contributed by atoms with Crippen molar-refractivity contribution in [2.75, 3.05) is 5.32 Å². The van der Waals surface area contributed by atoms with Gasteiger partial charge in [0.2, 0.25) is 0 Å². The molecule has 2 amide bonds. The van der Waals surface area contributed by atoms with Crippen LogP contribution in [0.3, 0.4) is 0 Å². The van der Waals surface area contributed by atoms with Gasteiger partial charge in [-0.15, -0.1) is 0 Å². The molecule has 2 rings (SSSR count). The molecule has 2 aromatic carbocycles. The van der Waals surface area contributed by atoms with Crippen molar-refractivity contribution < 1.29 is 14.7 Å². The Hall–Kier alpha value is -2.82. The highest BCUT2D eigenvalue weighted by molar-refractivity contribution is 6.00. The third-order valence-electron chi connectivity index (χ3n) is 2.95. The summed E-state index contributed by atoms with van der Waals surface area (Å²) in [4.78, 5) is 23.0. The van der Waals surface area contributed by atoms with E-state index in [-0.39, 0.29) is 11.3 Å². The molecule has 0 aliphatic carbocycles. The van der Waals surface area contributed by atoms with Crippen molar-refractivity contribution in [1.29, 1.82) is 0 Å². The van der Waals surface area contributed by atoms with E-state index in [2.05, 4.69) is 10.6 Å². The number of amides is 2. The van der Waals surface area contributed by atoms with Crippen LogP contribution in [0.25, 0.3) is 0 Å². The van der Waals surface area contributed by atoms with Crippen LogP contribution in [0.4, 0.5) is 10.5 Å². The zero-order valence-corrected chi connectivity index (χ0v) is 11.6. The quantitative estimate of drug-likeness (QED) is 0.807. The molecule has 108 valence electrons. The molecule has 0 radical (unpaired) electrons. The number of carboxylic acids is 1. The molecule has 2 aromatic rings. The van der Waals surface area contributed by atoms with E-state index >= 15 is 0 Å². The molecule has 0 saturated heterocycles. The first-order valence-corrected chi connectivity index (χ1v) is 6.49. The maximum atomic E-state index is 11.8. The lowest BCUT2D eigenvalue weighted by Crippen LogP contribution is -2.28. The summed E-state index contributed by atoms with van der Waals surface area (Å²) in [5.41, 5.74) is 2.14. The summed E-state index contributed by atoms with van der Waals surface area (Å²) in [5.74, 6) is -1.07. The van der Waals surface area contributed by atoms with E-state index in [0.29, 0.717) is 6.54 Å². The van der Waals surface area contributed by atoms with E-state index in [1.165, 1.54) is 6.07 Å². The smallest absolute Gasteiger partial charge is 0.337 e. The predicted molar refractivity (Wildman–Crippen MR) is 80.4 cm³/mol. The summed E-state index contributed by atoms with van der Waals surface area (Å²) in [7, 11) is 0. The first-order valence-electron chi connectivity index (χ1n) is 6.49. The third kappa shape index (κ3) is 4.07. The number of nitrogens with one attached hydrogen (secondary N) is 2. The fourth-order valence-electron chi connectivity index (χ4n) is 1.89. The van der Waals surface area contributed by atoms with Crippen molar-refractivity contribution in [2.45, 2.75) is 13.5 Å². The van der Waals surface area contributed by atoms with Crippen LogP contribution in [-0.4, -0.2) is 17.1 Å². The molecule has 0 aliphatic heterocycles. The maximum absolute atomic E-state index is 11.8. The van der Waals surface area contributed by atoms with Crippen molar-refractivity contribution in [1.82, 2.24) is 5.32 Å². The van der Waals surface area contributed by atoms with Crippen LogP contribution >= 0.6 is 0 Å². The lowest BCUT2D eigenvalue weighted by molar-refractivity contribution is 0.0698. The van der Waals surface area contributed by atoms with Gasteiger partial charge in [-0.05, 0) is 24.6 Å². The van der Waals surface area contributed by atoms with Crippen molar-refractivity contribution in [3.63, 3.8) is 0 Å². The minimum absolute atomic E-state index is 0.0739. The van der Waals surface area contributed by atoms with Gasteiger partial charge in [0.15, 0.2) is 0 Å². The van der Waals surface area contributed by atoms with Crippen molar-refractivity contribution in [2.24, 2.45) is 0 Å². The number of aryl methyl sites for hydroxylation is 1. The Morgan fingerprint density at radius 3 is 2.48 bits per heavy atom. The van der Waals surface area contributed by atoms with Crippen LogP contribution in [0.15, 0.2) is 48.5 Å². The average molecular weight is 284 g/mol. The summed E-state index contributed by atoms with van der Waals surface area (Å²) in [5, 5.41) is 14.4. The summed E-state index contributed by atoms with van der Waals surface area (Å²) in [6.45, 7) is 2.17. The first kappa shape index (κ1) is 14.6. The molecule has 5 heteroatoms. The van der Waals surface area contributed by atoms with E-state index in [9.17, 15) is 9.59 Å². The minimum atomic E-state index is -1.07. The Balaban J connectivity index is 2.01. The van der Waals surface area contributed by atoms with Gasteiger partial charge in [-0.2, -0.15) is 0 Å². The normalized spacial score (nSPS) is 9.95. The van der Waals surface area contributed by atoms with Gasteiger partial charge in [0, 0.05) is 6.54 Å². The number of carbonyl (C=O) groups excluding carboxylic acids is 1. The summed E-state index contributed by atoms with van der Waals surface area (Å²) < 4.78 is 0. The van der Waals surface area contributed by atoms with Crippen LogP contribution < -0.4 is 10.6 Å². The van der Waals surface area contributed by atoms with Crippen LogP contribution in [0.2, 0.25) is 0 Å². The third-order valence-corrected chi connectivity index (χ3v) is 2.95. The average Bonchev–Trinajstić information content (AvgIpc) is 2.48. The van der Waals surface area contributed by atoms with E-state index in [1.807, 2.05) is 30.3 Å². The Morgan fingerprint density at radius 1 is 1.10 bits per heavy atom. The molecule has 0 aliphatic rings. The number of carboxylic acid groups (broad SMARTS) is 1. The Labute approximate surface area is 122 Å². The second-order valence-electron chi connectivity index (χ2n) is 4.65. The number of urea groups is 1. The van der Waals surface area contributed by atoms with Gasteiger partial charge in [-0.25, -0.2) is 9.59 Å². The molecule has 0 aromatic heterocycles. The molecule has 0 atom stereocenters. The van der Waals surface area contributed by atoms with Crippen LogP contribution in [0, 0.1) is 6.92 Å². The van der Waals surface area contributed by atoms with Crippen molar-refractivity contribution >= 4 is 17.7 Å². The molecule has 0 bridgehead atoms. The standard InChI is InChI=1S/C16H16N2O3/c1-11-7-8-14(13(9-11)15(19)20)18-16(21)17-10-12-5-3-2-4-6-12/h2-9H,10H2,1H3,(H,19,20)(H2,17,18,21). The number of benzene rings is 2. The van der Waals surface area contributed by atoms with Gasteiger partial charge in [-0.1, -0.05) is 42.0 Å². The minimum Gasteiger partial charge on any atom is -0.478 e. The molecule has 3 N–H and O–H groups in total. The zero-order chi connectivity index (χ0) is 15.2. The lowest BCUT2D eigenvalue weighted by atomic mass is 10.1. The van der Waals surface area contributed by atoms with E-state index < -0.39 is 12.0 Å². The van der Waals surface area contributed by atoms with Gasteiger partial charge in [0.05, 0.1) is 11.3 Å². The molecule has 5 nitrogen and oxygen atoms in total. The monoisotopic (exact) mass is 284 g/mol. The number of hydrogen-bond acceptors (Lipinski definition) is 2. The SMILES string of the molecule is Cc1ccc(NC(=O)NCc2ccccc2)c(C(=O)O)c1. The van der Waals surface area contributed by atoms with E-state index in [4.69, 9.17) is 5.11 Å². The molecular formula is C16H16N2O3. The molecule has 0 fully saturated rings. The summed E-state index contributed by atoms with van der Waals surface area (Å²) in [6, 6.07) is 13.9. The number of rotatable bonds is 4. The predicted octanol–water partition coefficient (Wildman–Crippen LogP) is 3.01. The second-order valence-corrected chi connectivity index (χ2v) is 4.65. The topological polar surface area (TPSA) is 78.4 Å². The largest absolute Gasteiger partial charge is 0.478 e. The molecule has 0 saturated carbocycles. The first-order chi connectivity index (χ1) is 10.1. The fraction of sp³-hybridized carbons (Fsp3) is 0.125. The van der Waals surface area contributed by atoms with Crippen LogP contribution in [0.5, 0.6) is 0 Å². The highest BCUT2D eigenvalue weighted by atomic mass is 16.4. The molecule has 0 heterocycles. The molecular weight excluding hydrogens is 268 g/mol. The second kappa shape index (κ2) is 6.56. The number of aromatic carboxylic acids is 1. The molecule has 0 spiro atoms. The number of carbonyl (C=O) groups is 2. The zero-order valence-electron chi connectivity index (χ0n) is 11.6. The Kier molecular flexibility index (Phi) is 4.56. The van der Waals surface area contributed by atoms with Gasteiger partial charge in [0.1, 0.15) is 0 Å². The van der Waals surface area contributed by atoms with Crippen LogP contribution in [-0.2, 0) is 6.54 Å². The van der Waals surface area contributed by atoms with E-state index in [1.54, 1.807) is 19.1 Å². The van der Waals surface area contributed by atoms with Crippen LogP contribution in [0.1, 0.15) is 21.5 Å². The molecule has 21 heavy (non-hydrogen) atoms. The fourth-order valence-corrected chi connectivity index (χ4v) is 1.89. The molecule has 0 unspecified atom stereocenters. The Bertz CT molecular complexity index is 654. The number of anilines is 1. The Morgan fingerprint density at radius 2 is 1.81 bits per heavy atom. The van der Waals surface area contributed by atoms with Crippen molar-refractivity contribution in [3.8, 4) is 0 Å². The van der Waals surface area contributed by atoms with Gasteiger partial charge in [0.25, 0.3) is 0 Å². The van der Waals surface area contributed by atoms with Crippen molar-refractivity contribution in [3.05, 3.63) is 65.2 Å². The van der Waals surface area contributed by atoms with Gasteiger partial charge in [-0.3, -0.25) is 0 Å². The summed E-state index contributed by atoms with van der Waals surface area (Å²) >= 11 is 0. The van der Waals surface area contributed by atoms with Gasteiger partial charge < -0.3 is 15.7 Å². The maximum Gasteiger partial charge on any atom is 0.337 e. The number of hydrogen-bond donors (Lipinski definition) is 3. The summed E-state index contributed by atoms with van der Waals surface area (Å²) in [6.07, 6.45) is 0. The van der Waals surface area contributed by atoms with Gasteiger partial charge >= 0.3 is 12.0 Å². The highest BCUT2D eigenvalue weighted by Crippen LogP contribution is 2.17. The highest BCUT2D eigenvalue weighted by Gasteiger charge is 2.12. The lowest BCUT2D eigenvalue weighted by Gasteiger charge is -2.10.